The van der Waals surface area contributed by atoms with Crippen molar-refractivity contribution in [2.45, 2.75) is 63.9 Å². The third-order valence-electron chi connectivity index (χ3n) is 3.55. The fourth-order valence-corrected chi connectivity index (χ4v) is 3.24. The van der Waals surface area contributed by atoms with E-state index in [-0.39, 0.29) is 10.8 Å². The van der Waals surface area contributed by atoms with Gasteiger partial charge >= 0.3 is 0 Å². The zero-order valence-corrected chi connectivity index (χ0v) is 10.5. The van der Waals surface area contributed by atoms with Gasteiger partial charge in [0.05, 0.1) is 0 Å². The van der Waals surface area contributed by atoms with Crippen LogP contribution in [0, 0.1) is 5.41 Å². The number of hydrogen-bond donors (Lipinski definition) is 0. The van der Waals surface area contributed by atoms with Crippen molar-refractivity contribution < 1.29 is 4.79 Å². The number of carbonyl (C=O) groups is 1. The van der Waals surface area contributed by atoms with Crippen LogP contribution in [0.2, 0.25) is 0 Å². The van der Waals surface area contributed by atoms with E-state index in [9.17, 15) is 4.79 Å². The number of alkyl halides is 1. The summed E-state index contributed by atoms with van der Waals surface area (Å²) >= 11 is 6.19. The highest BCUT2D eigenvalue weighted by molar-refractivity contribution is 6.20. The van der Waals surface area contributed by atoms with E-state index in [4.69, 9.17) is 11.6 Å². The van der Waals surface area contributed by atoms with Crippen LogP contribution in [-0.4, -0.2) is 28.3 Å². The minimum absolute atomic E-state index is 0.250. The zero-order chi connectivity index (χ0) is 11.2. The van der Waals surface area contributed by atoms with Crippen molar-refractivity contribution in [1.29, 1.82) is 0 Å². The Balaban J connectivity index is 2.15. The number of carbonyl (C=O) groups excluding carboxylic acids is 1. The van der Waals surface area contributed by atoms with Crippen LogP contribution in [-0.2, 0) is 4.79 Å². The smallest absolute Gasteiger partial charge is 0.228 e. The summed E-state index contributed by atoms with van der Waals surface area (Å²) in [6, 6.07) is 0.830. The molecule has 2 rings (SSSR count). The molecular formula is C12H20ClNO. The first-order chi connectivity index (χ1) is 6.89. The van der Waals surface area contributed by atoms with E-state index in [0.717, 1.165) is 25.7 Å². The lowest BCUT2D eigenvalue weighted by Crippen LogP contribution is -2.50. The number of hydrogen-bond acceptors (Lipinski definition) is 1. The monoisotopic (exact) mass is 229 g/mol. The van der Waals surface area contributed by atoms with Crippen molar-refractivity contribution in [2.75, 3.05) is 0 Å². The van der Waals surface area contributed by atoms with Gasteiger partial charge in [0.2, 0.25) is 5.91 Å². The van der Waals surface area contributed by atoms with Crippen molar-refractivity contribution >= 4 is 17.5 Å². The summed E-state index contributed by atoms with van der Waals surface area (Å²) in [7, 11) is 0. The Morgan fingerprint density at radius 3 is 2.07 bits per heavy atom. The Kier molecular flexibility index (Phi) is 2.74. The van der Waals surface area contributed by atoms with Crippen LogP contribution in [0.5, 0.6) is 0 Å². The molecule has 0 aromatic carbocycles. The third-order valence-corrected chi connectivity index (χ3v) is 3.91. The summed E-state index contributed by atoms with van der Waals surface area (Å²) in [4.78, 5) is 14.4. The van der Waals surface area contributed by atoms with E-state index < -0.39 is 0 Å². The summed E-state index contributed by atoms with van der Waals surface area (Å²) in [6.45, 7) is 6.00. The molecule has 2 aliphatic rings. The lowest BCUT2D eigenvalue weighted by molar-refractivity contribution is -0.143. The molecule has 0 aromatic heterocycles. The molecule has 0 aromatic rings. The average molecular weight is 230 g/mol. The van der Waals surface area contributed by atoms with Gasteiger partial charge in [-0.1, -0.05) is 20.8 Å². The molecule has 2 saturated heterocycles. The summed E-state index contributed by atoms with van der Waals surface area (Å²) < 4.78 is 0. The number of nitrogens with zero attached hydrogens (tertiary/aromatic N) is 1. The number of rotatable bonds is 0. The third kappa shape index (κ3) is 2.01. The SMILES string of the molecule is CC(C)(C)C(=O)N1C2CCC1CC(Cl)C2. The lowest BCUT2D eigenvalue weighted by Gasteiger charge is -2.40. The highest BCUT2D eigenvalue weighted by Crippen LogP contribution is 2.39. The molecular weight excluding hydrogens is 210 g/mol. The molecule has 15 heavy (non-hydrogen) atoms. The average Bonchev–Trinajstić information content (AvgIpc) is 2.35. The number of piperidine rings is 1. The van der Waals surface area contributed by atoms with Crippen LogP contribution in [0.1, 0.15) is 46.5 Å². The van der Waals surface area contributed by atoms with Gasteiger partial charge in [0.15, 0.2) is 0 Å². The van der Waals surface area contributed by atoms with Gasteiger partial charge in [0.1, 0.15) is 0 Å². The van der Waals surface area contributed by atoms with E-state index in [1.165, 1.54) is 0 Å². The largest absolute Gasteiger partial charge is 0.336 e. The first-order valence-corrected chi connectivity index (χ1v) is 6.30. The van der Waals surface area contributed by atoms with Crippen LogP contribution >= 0.6 is 11.6 Å². The maximum atomic E-state index is 12.3. The van der Waals surface area contributed by atoms with E-state index in [1.54, 1.807) is 0 Å². The predicted molar refractivity (Wildman–Crippen MR) is 62.0 cm³/mol. The minimum Gasteiger partial charge on any atom is -0.336 e. The molecule has 0 spiro atoms. The Morgan fingerprint density at radius 1 is 1.20 bits per heavy atom. The quantitative estimate of drug-likeness (QED) is 0.585. The second kappa shape index (κ2) is 3.65. The van der Waals surface area contributed by atoms with Crippen molar-refractivity contribution in [3.05, 3.63) is 0 Å². The maximum Gasteiger partial charge on any atom is 0.228 e. The normalized spacial score (nSPS) is 35.7. The Morgan fingerprint density at radius 2 is 1.67 bits per heavy atom. The molecule has 2 fully saturated rings. The van der Waals surface area contributed by atoms with Crippen molar-refractivity contribution in [2.24, 2.45) is 5.41 Å². The van der Waals surface area contributed by atoms with Gasteiger partial charge < -0.3 is 4.90 Å². The Hall–Kier alpha value is -0.240. The van der Waals surface area contributed by atoms with Crippen molar-refractivity contribution in [1.82, 2.24) is 4.90 Å². The molecule has 2 atom stereocenters. The second-order valence-corrected chi connectivity index (χ2v) is 6.53. The summed E-state index contributed by atoms with van der Waals surface area (Å²) in [5, 5.41) is 0.284. The second-order valence-electron chi connectivity index (χ2n) is 5.92. The van der Waals surface area contributed by atoms with Crippen LogP contribution in [0.15, 0.2) is 0 Å². The summed E-state index contributed by atoms with van der Waals surface area (Å²) in [6.07, 6.45) is 4.27. The van der Waals surface area contributed by atoms with Gasteiger partial charge in [-0.25, -0.2) is 0 Å². The topological polar surface area (TPSA) is 20.3 Å². The molecule has 1 amide bonds. The number of amides is 1. The van der Waals surface area contributed by atoms with Crippen LogP contribution in [0.3, 0.4) is 0 Å². The first kappa shape index (κ1) is 11.3. The number of fused-ring (bicyclic) bond motifs is 2. The molecule has 2 aliphatic heterocycles. The fourth-order valence-electron chi connectivity index (χ4n) is 2.83. The van der Waals surface area contributed by atoms with Gasteiger partial charge in [0.25, 0.3) is 0 Å². The molecule has 2 heterocycles. The molecule has 86 valence electrons. The first-order valence-electron chi connectivity index (χ1n) is 5.86. The molecule has 0 aliphatic carbocycles. The predicted octanol–water partition coefficient (Wildman–Crippen LogP) is 2.79. The highest BCUT2D eigenvalue weighted by Gasteiger charge is 2.45. The molecule has 2 bridgehead atoms. The lowest BCUT2D eigenvalue weighted by atomic mass is 9.91. The van der Waals surface area contributed by atoms with Crippen LogP contribution < -0.4 is 0 Å². The Bertz CT molecular complexity index is 257. The van der Waals surface area contributed by atoms with Gasteiger partial charge in [-0.15, -0.1) is 11.6 Å². The van der Waals surface area contributed by atoms with Gasteiger partial charge in [-0.3, -0.25) is 4.79 Å². The van der Waals surface area contributed by atoms with Crippen molar-refractivity contribution in [3.8, 4) is 0 Å². The maximum absolute atomic E-state index is 12.3. The minimum atomic E-state index is -0.250. The summed E-state index contributed by atoms with van der Waals surface area (Å²) in [5.41, 5.74) is -0.250. The zero-order valence-electron chi connectivity index (χ0n) is 9.79. The van der Waals surface area contributed by atoms with Crippen LogP contribution in [0.4, 0.5) is 0 Å². The molecule has 0 N–H and O–H groups in total. The van der Waals surface area contributed by atoms with Crippen molar-refractivity contribution in [3.63, 3.8) is 0 Å². The standard InChI is InChI=1S/C12H20ClNO/c1-12(2,3)11(15)14-9-4-5-10(14)7-8(13)6-9/h8-10H,4-7H2,1-3H3. The number of halogens is 1. The summed E-state index contributed by atoms with van der Waals surface area (Å²) in [5.74, 6) is 0.304. The van der Waals surface area contributed by atoms with Gasteiger partial charge in [-0.05, 0) is 25.7 Å². The van der Waals surface area contributed by atoms with E-state index in [1.807, 2.05) is 20.8 Å². The van der Waals surface area contributed by atoms with Crippen LogP contribution in [0.25, 0.3) is 0 Å². The molecule has 0 radical (unpaired) electrons. The van der Waals surface area contributed by atoms with E-state index in [2.05, 4.69) is 4.90 Å². The Labute approximate surface area is 97.0 Å². The van der Waals surface area contributed by atoms with E-state index in [0.29, 0.717) is 18.0 Å². The highest BCUT2D eigenvalue weighted by atomic mass is 35.5. The fraction of sp³-hybridized carbons (Fsp3) is 0.917. The van der Waals surface area contributed by atoms with E-state index >= 15 is 0 Å². The molecule has 2 unspecified atom stereocenters. The van der Waals surface area contributed by atoms with Gasteiger partial charge in [-0.2, -0.15) is 0 Å². The molecule has 0 saturated carbocycles. The molecule has 3 heteroatoms. The molecule has 2 nitrogen and oxygen atoms in total. The van der Waals surface area contributed by atoms with Gasteiger partial charge in [0, 0.05) is 22.9 Å².